The number of rotatable bonds is 5. The molecule has 220 valence electrons. The second kappa shape index (κ2) is 9.82. The predicted molar refractivity (Wildman–Crippen MR) is 146 cm³/mol. The first kappa shape index (κ1) is 29.0. The molecule has 1 saturated heterocycles. The van der Waals surface area contributed by atoms with Gasteiger partial charge in [-0.2, -0.15) is 0 Å². The third kappa shape index (κ3) is 4.07. The number of cyclic esters (lactones) is 1. The Hall–Kier alpha value is -3.46. The van der Waals surface area contributed by atoms with Crippen molar-refractivity contribution in [1.29, 1.82) is 0 Å². The minimum atomic E-state index is -1.70. The van der Waals surface area contributed by atoms with Gasteiger partial charge in [-0.1, -0.05) is 26.0 Å². The quantitative estimate of drug-likeness (QED) is 0.306. The summed E-state index contributed by atoms with van der Waals surface area (Å²) in [5.74, 6) is -2.48. The summed E-state index contributed by atoms with van der Waals surface area (Å²) in [4.78, 5) is 53.0. The van der Waals surface area contributed by atoms with Crippen molar-refractivity contribution in [3.05, 3.63) is 59.1 Å². The average Bonchev–Trinajstić information content (AvgIpc) is 3.54. The van der Waals surface area contributed by atoms with Gasteiger partial charge >= 0.3 is 17.9 Å². The van der Waals surface area contributed by atoms with E-state index in [1.54, 1.807) is 51.3 Å². The number of allylic oxidation sites excluding steroid dienone is 1. The van der Waals surface area contributed by atoms with E-state index in [0.29, 0.717) is 28.7 Å². The van der Waals surface area contributed by atoms with Crippen LogP contribution in [0.5, 0.6) is 0 Å². The lowest BCUT2D eigenvalue weighted by Crippen LogP contribution is -2.60. The number of hydrogen-bond donors (Lipinski definition) is 1. The van der Waals surface area contributed by atoms with Crippen LogP contribution >= 0.6 is 0 Å². The molecule has 0 unspecified atom stereocenters. The molecule has 2 fully saturated rings. The first-order chi connectivity index (χ1) is 19.3. The van der Waals surface area contributed by atoms with Crippen LogP contribution in [0, 0.1) is 22.2 Å². The van der Waals surface area contributed by atoms with Crippen LogP contribution in [-0.2, 0) is 33.4 Å². The summed E-state index contributed by atoms with van der Waals surface area (Å²) in [6, 6.07) is 1.75. The molecule has 1 aromatic rings. The molecule has 4 aliphatic rings. The highest BCUT2D eigenvalue weighted by molar-refractivity contribution is 5.93. The summed E-state index contributed by atoms with van der Waals surface area (Å²) in [7, 11) is 1.28. The highest BCUT2D eigenvalue weighted by Crippen LogP contribution is 2.67. The number of hydrogen-bond acceptors (Lipinski definition) is 9. The Kier molecular flexibility index (Phi) is 6.96. The Labute approximate surface area is 239 Å². The van der Waals surface area contributed by atoms with Crippen LogP contribution in [0.15, 0.2) is 58.0 Å². The highest BCUT2D eigenvalue weighted by atomic mass is 16.6. The summed E-state index contributed by atoms with van der Waals surface area (Å²) < 4.78 is 22.2. The second-order valence-corrected chi connectivity index (χ2v) is 12.6. The molecule has 0 radical (unpaired) electrons. The Morgan fingerprint density at radius 1 is 1.20 bits per heavy atom. The molecule has 2 heterocycles. The predicted octanol–water partition coefficient (Wildman–Crippen LogP) is 4.71. The zero-order valence-electron chi connectivity index (χ0n) is 24.4. The van der Waals surface area contributed by atoms with E-state index < -0.39 is 57.9 Å². The summed E-state index contributed by atoms with van der Waals surface area (Å²) in [5.41, 5.74) is -2.62. The number of Topliss-reactive ketones (excluding diaryl/α,β-unsaturated/α-hetero) is 1. The first-order valence-electron chi connectivity index (χ1n) is 14.1. The van der Waals surface area contributed by atoms with E-state index in [2.05, 4.69) is 0 Å². The van der Waals surface area contributed by atoms with Gasteiger partial charge in [0.05, 0.1) is 37.9 Å². The van der Waals surface area contributed by atoms with Crippen molar-refractivity contribution in [3.8, 4) is 0 Å². The van der Waals surface area contributed by atoms with Gasteiger partial charge in [-0.15, -0.1) is 0 Å². The maximum atomic E-state index is 14.2. The fourth-order valence-corrected chi connectivity index (χ4v) is 7.87. The summed E-state index contributed by atoms with van der Waals surface area (Å²) in [6.07, 6.45) is 6.98. The molecule has 1 aromatic heterocycles. The number of aliphatic hydroxyl groups is 1. The standard InChI is InChI=1S/C32H38O9/c1-7-18(2)28(36)40-24-9-8-20-21-14-26(35)41-27(19-10-13-39-17-19)29(21,3)11-12-32(20,37)31(5)22(15-25(34)38-6)30(24,4)16-23(31)33/h7-10,13,17,22,24,27,37H,11-12,14-16H2,1-6H3/b9-8-,18-7+/t22-,24+,27-,29+,30-,31-,32+/m0/s1. The monoisotopic (exact) mass is 566 g/mol. The number of furan rings is 1. The minimum Gasteiger partial charge on any atom is -0.472 e. The summed E-state index contributed by atoms with van der Waals surface area (Å²) >= 11 is 0. The molecular formula is C32H38O9. The molecule has 41 heavy (non-hydrogen) atoms. The SMILES string of the molecule is C/C=C(\C)C(=O)O[C@@H]1/C=C\C2=C3CC(=O)O[C@@H](c4ccoc4)[C@]3(C)CC[C@]2(O)[C@]2(C)C(=O)C[C@@]1(C)[C@@H]2CC(=O)OC. The molecule has 9 heteroatoms. The van der Waals surface area contributed by atoms with Gasteiger partial charge in [0.25, 0.3) is 0 Å². The summed E-state index contributed by atoms with van der Waals surface area (Å²) in [6.45, 7) is 8.91. The Morgan fingerprint density at radius 2 is 1.93 bits per heavy atom. The molecule has 9 nitrogen and oxygen atoms in total. The van der Waals surface area contributed by atoms with Crippen molar-refractivity contribution in [2.75, 3.05) is 7.11 Å². The number of ketones is 1. The fraction of sp³-hybridized carbons (Fsp3) is 0.562. The third-order valence-corrected chi connectivity index (χ3v) is 10.6. The number of carbonyl (C=O) groups excluding carboxylic acids is 4. The Balaban J connectivity index is 1.76. The molecule has 3 aliphatic carbocycles. The lowest BCUT2D eigenvalue weighted by Gasteiger charge is -2.56. The molecular weight excluding hydrogens is 528 g/mol. The molecule has 1 saturated carbocycles. The van der Waals surface area contributed by atoms with Gasteiger partial charge < -0.3 is 23.7 Å². The highest BCUT2D eigenvalue weighted by Gasteiger charge is 2.71. The largest absolute Gasteiger partial charge is 0.472 e. The van der Waals surface area contributed by atoms with Crippen molar-refractivity contribution in [2.45, 2.75) is 84.5 Å². The van der Waals surface area contributed by atoms with Crippen LogP contribution < -0.4 is 0 Å². The molecule has 0 aromatic carbocycles. The maximum Gasteiger partial charge on any atom is 0.333 e. The van der Waals surface area contributed by atoms with Crippen LogP contribution in [0.1, 0.15) is 78.4 Å². The number of ether oxygens (including phenoxy) is 3. The van der Waals surface area contributed by atoms with Gasteiger partial charge in [0.2, 0.25) is 0 Å². The van der Waals surface area contributed by atoms with Crippen LogP contribution in [0.4, 0.5) is 0 Å². The van der Waals surface area contributed by atoms with Crippen LogP contribution in [-0.4, -0.2) is 47.6 Å². The van der Waals surface area contributed by atoms with E-state index >= 15 is 0 Å². The van der Waals surface area contributed by atoms with E-state index in [9.17, 15) is 24.3 Å². The first-order valence-corrected chi connectivity index (χ1v) is 14.1. The molecule has 5 rings (SSSR count). The topological polar surface area (TPSA) is 129 Å². The third-order valence-electron chi connectivity index (χ3n) is 10.6. The molecule has 7 atom stereocenters. The zero-order valence-corrected chi connectivity index (χ0v) is 24.4. The van der Waals surface area contributed by atoms with Crippen LogP contribution in [0.25, 0.3) is 0 Å². The van der Waals surface area contributed by atoms with Crippen molar-refractivity contribution in [2.24, 2.45) is 22.2 Å². The second-order valence-electron chi connectivity index (χ2n) is 12.6. The Morgan fingerprint density at radius 3 is 2.56 bits per heavy atom. The van der Waals surface area contributed by atoms with Crippen molar-refractivity contribution < 1.29 is 42.9 Å². The minimum absolute atomic E-state index is 0.00971. The van der Waals surface area contributed by atoms with Gasteiger partial charge in [-0.05, 0) is 62.8 Å². The molecule has 1 N–H and O–H groups in total. The molecule has 1 aliphatic heterocycles. The molecule has 2 bridgehead atoms. The summed E-state index contributed by atoms with van der Waals surface area (Å²) in [5, 5.41) is 12.8. The van der Waals surface area contributed by atoms with E-state index in [0.717, 1.165) is 0 Å². The van der Waals surface area contributed by atoms with Gasteiger partial charge in [-0.25, -0.2) is 4.79 Å². The number of methoxy groups -OCH3 is 1. The van der Waals surface area contributed by atoms with Crippen LogP contribution in [0.2, 0.25) is 0 Å². The van der Waals surface area contributed by atoms with Crippen molar-refractivity contribution >= 4 is 23.7 Å². The lowest BCUT2D eigenvalue weighted by molar-refractivity contribution is -0.169. The van der Waals surface area contributed by atoms with Gasteiger partial charge in [0.15, 0.2) is 0 Å². The lowest BCUT2D eigenvalue weighted by atomic mass is 9.50. The van der Waals surface area contributed by atoms with Crippen LogP contribution in [0.3, 0.4) is 0 Å². The van der Waals surface area contributed by atoms with E-state index in [1.807, 2.05) is 13.8 Å². The zero-order chi connectivity index (χ0) is 30.0. The fourth-order valence-electron chi connectivity index (χ4n) is 7.87. The number of carbonyl (C=O) groups is 4. The van der Waals surface area contributed by atoms with Crippen molar-refractivity contribution in [3.63, 3.8) is 0 Å². The van der Waals surface area contributed by atoms with Gasteiger partial charge in [0.1, 0.15) is 23.6 Å². The van der Waals surface area contributed by atoms with E-state index in [4.69, 9.17) is 18.6 Å². The van der Waals surface area contributed by atoms with Gasteiger partial charge in [-0.3, -0.25) is 14.4 Å². The molecule has 0 amide bonds. The normalized spacial score (nSPS) is 39.2. The smallest absolute Gasteiger partial charge is 0.333 e. The average molecular weight is 567 g/mol. The maximum absolute atomic E-state index is 14.2. The van der Waals surface area contributed by atoms with Gasteiger partial charge in [0, 0.05) is 28.4 Å². The number of fused-ring (bicyclic) bond motifs is 5. The van der Waals surface area contributed by atoms with E-state index in [1.165, 1.54) is 13.4 Å². The van der Waals surface area contributed by atoms with Crippen molar-refractivity contribution in [1.82, 2.24) is 0 Å². The number of esters is 3. The molecule has 0 spiro atoms. The van der Waals surface area contributed by atoms with E-state index in [-0.39, 0.29) is 31.5 Å². The Bertz CT molecular complexity index is 1380.